The van der Waals surface area contributed by atoms with Gasteiger partial charge in [-0.1, -0.05) is 0 Å². The monoisotopic (exact) mass is 919 g/mol. The smallest absolute Gasteiger partial charge is 0.560 e. The molecule has 0 aliphatic heterocycles. The highest BCUT2D eigenvalue weighted by Gasteiger charge is 2.45. The molecule has 0 atom stereocenters. The van der Waals surface area contributed by atoms with Crippen LogP contribution in [0.5, 0.6) is 0 Å². The molecule has 0 radical (unpaired) electrons. The molecule has 2 aromatic rings. The number of rotatable bonds is 5. The van der Waals surface area contributed by atoms with E-state index < -0.39 is 70.6 Å². The molecule has 0 unspecified atom stereocenters. The van der Waals surface area contributed by atoms with E-state index in [1.165, 1.54) is 21.1 Å². The van der Waals surface area contributed by atoms with Gasteiger partial charge < -0.3 is 32.3 Å². The van der Waals surface area contributed by atoms with Gasteiger partial charge >= 0.3 is 37.2 Å². The third kappa shape index (κ3) is 31.2. The normalized spacial score (nSPS) is 12.9. The number of hydrogen-bond acceptors (Lipinski definition) is 1. The topological polar surface area (TPSA) is 12.9 Å². The van der Waals surface area contributed by atoms with Crippen molar-refractivity contribution in [3.63, 3.8) is 0 Å². The van der Waals surface area contributed by atoms with Crippen LogP contribution in [0.25, 0.3) is 0 Å². The Bertz CT molecular complexity index is 1300. The third-order valence-electron chi connectivity index (χ3n) is 5.85. The first-order chi connectivity index (χ1) is 23.5. The lowest BCUT2D eigenvalue weighted by molar-refractivity contribution is -0.981. The van der Waals surface area contributed by atoms with E-state index in [4.69, 9.17) is 0 Å². The van der Waals surface area contributed by atoms with Crippen LogP contribution in [0.1, 0.15) is 33.6 Å². The van der Waals surface area contributed by atoms with Crippen molar-refractivity contribution in [3.05, 3.63) is 64.0 Å². The Kier molecular flexibility index (Phi) is 25.7. The van der Waals surface area contributed by atoms with Crippen LogP contribution in [-0.2, 0) is 37.8 Å². The molecule has 0 aliphatic carbocycles. The zero-order valence-electron chi connectivity index (χ0n) is 33.6. The molecule has 5 nitrogen and oxygen atoms in total. The number of halogens is 22. The molecule has 0 saturated heterocycles. The lowest BCUT2D eigenvalue weighted by atomic mass is 10.0. The Balaban J connectivity index is -0.000000165. The van der Waals surface area contributed by atoms with Gasteiger partial charge in [0, 0.05) is 5.56 Å². The van der Waals surface area contributed by atoms with Crippen LogP contribution in [0.15, 0.2) is 30.3 Å². The summed E-state index contributed by atoms with van der Waals surface area (Å²) in [4.78, 5) is 3.26. The molecule has 27 heteroatoms. The second-order valence-electron chi connectivity index (χ2n) is 16.1. The van der Waals surface area contributed by atoms with E-state index in [-0.39, 0.29) is 68.7 Å². The van der Waals surface area contributed by atoms with Gasteiger partial charge in [-0.2, -0.15) is 65.9 Å². The van der Waals surface area contributed by atoms with E-state index in [1.807, 2.05) is 0 Å². The van der Waals surface area contributed by atoms with Crippen molar-refractivity contribution in [2.45, 2.75) is 50.3 Å². The Morgan fingerprint density at radius 2 is 0.712 bits per heavy atom. The van der Waals surface area contributed by atoms with Crippen LogP contribution < -0.4 is 18.8 Å². The van der Waals surface area contributed by atoms with Crippen molar-refractivity contribution in [3.8, 4) is 0 Å². The van der Waals surface area contributed by atoms with Crippen molar-refractivity contribution >= 4 is 0 Å². The molecule has 2 rings (SSSR count). The highest BCUT2D eigenvalue weighted by Crippen LogP contribution is 2.37. The number of benzene rings is 1. The van der Waals surface area contributed by atoms with Gasteiger partial charge in [0.05, 0.1) is 107 Å². The van der Waals surface area contributed by atoms with Crippen molar-refractivity contribution in [2.75, 3.05) is 91.1 Å². The maximum atomic E-state index is 12.6. The molecule has 59 heavy (non-hydrogen) atoms. The molecule has 1 aromatic carbocycles. The molecule has 1 heterocycles. The van der Waals surface area contributed by atoms with E-state index in [2.05, 4.69) is 4.98 Å². The zero-order chi connectivity index (χ0) is 44.8. The summed E-state index contributed by atoms with van der Waals surface area (Å²) in [7, 11) is 17.8. The molecule has 0 saturated carbocycles. The lowest BCUT2D eigenvalue weighted by Gasteiger charge is -2.25. The first-order valence-corrected chi connectivity index (χ1v) is 15.3. The molecule has 0 spiro atoms. The third-order valence-corrected chi connectivity index (χ3v) is 5.85. The minimum Gasteiger partial charge on any atom is -1.00 e. The van der Waals surface area contributed by atoms with Crippen LogP contribution in [0.2, 0.25) is 0 Å². The summed E-state index contributed by atoms with van der Waals surface area (Å²) in [5, 5.41) is 0. The van der Waals surface area contributed by atoms with Gasteiger partial charge in [0.2, 0.25) is 0 Å². The molecular weight excluding hydrogens is 872 g/mol. The van der Waals surface area contributed by atoms with E-state index >= 15 is 0 Å². The van der Waals surface area contributed by atoms with Gasteiger partial charge in [-0.15, -0.1) is 13.2 Å². The highest BCUT2D eigenvalue weighted by molar-refractivity contribution is 5.33. The fourth-order valence-electron chi connectivity index (χ4n) is 3.66. The first-order valence-electron chi connectivity index (χ1n) is 15.3. The Labute approximate surface area is 326 Å². The summed E-state index contributed by atoms with van der Waals surface area (Å²) < 4.78 is 219. The van der Waals surface area contributed by atoms with Gasteiger partial charge in [0.1, 0.15) is 18.8 Å². The van der Waals surface area contributed by atoms with Gasteiger partial charge in [-0.05, 0) is 30.3 Å². The van der Waals surface area contributed by atoms with Crippen molar-refractivity contribution in [1.82, 2.24) is 4.98 Å². The Hall–Kier alpha value is -3.33. The average molecular weight is 920 g/mol. The minimum atomic E-state index is -4.90. The number of quaternary nitrogens is 4. The summed E-state index contributed by atoms with van der Waals surface area (Å²) in [5.74, 6) is 0. The standard InChI is InChI=1S/C12H14F6N.C11H13F6N2.C5H11F3N.C4H9F3N.4FH/c1-19(2,3)7-8-4-9(11(13,14)15)6-10(5-8)12(16,17)18;1-19(2,3)6-8-4-7(10(12,13)14)5-9(18-8)11(15,16)17;1-9(2,3)4-5(6,7)8;1-8(2,3)4(5,6)7;;;;/h4-6H,7H2,1-3H3;4-5H,6H2,1-3H3;4H2,1-3H3;1-3H3;4*1H/q4*+1;;;;/p-4. The lowest BCUT2D eigenvalue weighted by Crippen LogP contribution is -3.00. The Morgan fingerprint density at radius 3 is 0.915 bits per heavy atom. The number of aromatic nitrogens is 1. The second kappa shape index (κ2) is 22.5. The van der Waals surface area contributed by atoms with Crippen LogP contribution in [0, 0.1) is 0 Å². The van der Waals surface area contributed by atoms with Gasteiger partial charge in [0.15, 0.2) is 6.54 Å². The van der Waals surface area contributed by atoms with Crippen molar-refractivity contribution < 1.29 is 116 Å². The van der Waals surface area contributed by atoms with Gasteiger partial charge in [-0.3, -0.25) is 0 Å². The van der Waals surface area contributed by atoms with Crippen molar-refractivity contribution in [1.29, 1.82) is 0 Å². The van der Waals surface area contributed by atoms with E-state index in [0.717, 1.165) is 33.3 Å². The quantitative estimate of drug-likeness (QED) is 0.188. The maximum absolute atomic E-state index is 12.6. The van der Waals surface area contributed by atoms with E-state index in [0.29, 0.717) is 6.07 Å². The number of nitrogens with zero attached hydrogens (tertiary/aromatic N) is 5. The summed E-state index contributed by atoms with van der Waals surface area (Å²) in [6.07, 6.45) is -27.5. The van der Waals surface area contributed by atoms with Gasteiger partial charge in [0.25, 0.3) is 0 Å². The molecular formula is C32H47F22N5. The van der Waals surface area contributed by atoms with Crippen LogP contribution in [0.3, 0.4) is 0 Å². The fourth-order valence-corrected chi connectivity index (χ4v) is 3.66. The molecule has 0 N–H and O–H groups in total. The summed E-state index contributed by atoms with van der Waals surface area (Å²) >= 11 is 0. The SMILES string of the molecule is C[N+](C)(C)C(F)(F)F.C[N+](C)(C)CC(F)(F)F.C[N+](C)(C)Cc1cc(C(F)(F)F)cc(C(F)(F)F)c1.C[N+](C)(C)Cc1cc(C(F)(F)F)cc(C(F)(F)F)n1.[F-].[F-].[F-].[F-]. The highest BCUT2D eigenvalue weighted by atomic mass is 19.4. The summed E-state index contributed by atoms with van der Waals surface area (Å²) in [6.45, 7) is -0.729. The van der Waals surface area contributed by atoms with Crippen molar-refractivity contribution in [2.24, 2.45) is 0 Å². The predicted molar refractivity (Wildman–Crippen MR) is 167 cm³/mol. The number of hydrogen-bond donors (Lipinski definition) is 0. The fraction of sp³-hybridized carbons (Fsp3) is 0.656. The van der Waals surface area contributed by atoms with E-state index in [9.17, 15) is 79.0 Å². The molecule has 0 bridgehead atoms. The molecule has 0 fully saturated rings. The molecule has 1 aromatic heterocycles. The van der Waals surface area contributed by atoms with Gasteiger partial charge in [-0.25, -0.2) is 9.47 Å². The molecule has 354 valence electrons. The second-order valence-corrected chi connectivity index (χ2v) is 16.1. The average Bonchev–Trinajstić information content (AvgIpc) is 2.82. The first kappa shape index (κ1) is 67.4. The summed E-state index contributed by atoms with van der Waals surface area (Å²) in [5.41, 5.74) is -5.63. The Morgan fingerprint density at radius 1 is 0.407 bits per heavy atom. The summed E-state index contributed by atoms with van der Waals surface area (Å²) in [6, 6.07) is 2.34. The predicted octanol–water partition coefficient (Wildman–Crippen LogP) is -2.26. The number of pyridine rings is 1. The maximum Gasteiger partial charge on any atom is 0.560 e. The van der Waals surface area contributed by atoms with Crippen LogP contribution in [-0.4, -0.2) is 127 Å². The number of alkyl halides is 18. The molecule has 0 aliphatic rings. The van der Waals surface area contributed by atoms with Crippen LogP contribution >= 0.6 is 0 Å². The zero-order valence-corrected chi connectivity index (χ0v) is 33.6. The minimum absolute atomic E-state index is 0. The molecule has 0 amide bonds. The largest absolute Gasteiger partial charge is 1.00 e. The van der Waals surface area contributed by atoms with Crippen LogP contribution in [0.4, 0.5) is 79.0 Å². The van der Waals surface area contributed by atoms with E-state index in [1.54, 1.807) is 42.3 Å².